The van der Waals surface area contributed by atoms with E-state index in [1.54, 1.807) is 9.80 Å². The van der Waals surface area contributed by atoms with Gasteiger partial charge in [-0.3, -0.25) is 19.3 Å². The van der Waals surface area contributed by atoms with E-state index in [4.69, 9.17) is 0 Å². The Bertz CT molecular complexity index is 849. The van der Waals surface area contributed by atoms with Crippen LogP contribution in [-0.4, -0.2) is 84.8 Å². The first-order valence-electron chi connectivity index (χ1n) is 10.9. The minimum absolute atomic E-state index is 0.0181. The van der Waals surface area contributed by atoms with Crippen molar-refractivity contribution in [1.82, 2.24) is 14.7 Å². The van der Waals surface area contributed by atoms with Gasteiger partial charge in [0, 0.05) is 57.9 Å². The molecule has 0 saturated carbocycles. The van der Waals surface area contributed by atoms with E-state index in [9.17, 15) is 27.6 Å². The maximum Gasteiger partial charge on any atom is 0.416 e. The van der Waals surface area contributed by atoms with E-state index in [1.807, 2.05) is 18.7 Å². The van der Waals surface area contributed by atoms with E-state index in [-0.39, 0.29) is 36.4 Å². The van der Waals surface area contributed by atoms with Gasteiger partial charge >= 0.3 is 6.18 Å². The van der Waals surface area contributed by atoms with Crippen molar-refractivity contribution in [3.05, 3.63) is 29.8 Å². The van der Waals surface area contributed by atoms with Gasteiger partial charge in [0.05, 0.1) is 18.0 Å². The van der Waals surface area contributed by atoms with Crippen LogP contribution in [0.3, 0.4) is 0 Å². The predicted molar refractivity (Wildman–Crippen MR) is 113 cm³/mol. The highest BCUT2D eigenvalue weighted by Gasteiger charge is 2.39. The van der Waals surface area contributed by atoms with Gasteiger partial charge in [-0.05, 0) is 32.0 Å². The SMILES string of the molecule is CCN(CC)C(=O)CN1CCN(C(=O)C2CC(=O)N(c3cccc(C(F)(F)F)c3)C2)CC1. The van der Waals surface area contributed by atoms with E-state index in [0.717, 1.165) is 12.1 Å². The van der Waals surface area contributed by atoms with Crippen molar-refractivity contribution in [2.45, 2.75) is 26.4 Å². The molecule has 0 radical (unpaired) electrons. The Kier molecular flexibility index (Phi) is 7.43. The summed E-state index contributed by atoms with van der Waals surface area (Å²) < 4.78 is 39.0. The van der Waals surface area contributed by atoms with Crippen LogP contribution >= 0.6 is 0 Å². The van der Waals surface area contributed by atoms with Crippen LogP contribution in [0.5, 0.6) is 0 Å². The van der Waals surface area contributed by atoms with Gasteiger partial charge in [-0.25, -0.2) is 0 Å². The summed E-state index contributed by atoms with van der Waals surface area (Å²) in [5, 5.41) is 0. The Hall–Kier alpha value is -2.62. The normalized spacial score (nSPS) is 20.0. The maximum absolute atomic E-state index is 13.0. The van der Waals surface area contributed by atoms with Gasteiger partial charge in [-0.2, -0.15) is 13.2 Å². The summed E-state index contributed by atoms with van der Waals surface area (Å²) in [6.07, 6.45) is -4.52. The molecule has 1 aromatic rings. The Balaban J connectivity index is 1.56. The van der Waals surface area contributed by atoms with Gasteiger partial charge in [0.25, 0.3) is 0 Å². The Morgan fingerprint density at radius 1 is 1.09 bits per heavy atom. The molecule has 3 amide bonds. The highest BCUT2D eigenvalue weighted by Crippen LogP contribution is 2.33. The van der Waals surface area contributed by atoms with Gasteiger partial charge in [-0.15, -0.1) is 0 Å². The molecule has 0 aromatic heterocycles. The summed E-state index contributed by atoms with van der Waals surface area (Å²) in [7, 11) is 0. The largest absolute Gasteiger partial charge is 0.416 e. The molecule has 1 atom stereocenters. The molecule has 32 heavy (non-hydrogen) atoms. The third-order valence-corrected chi connectivity index (χ3v) is 6.12. The Labute approximate surface area is 185 Å². The first-order valence-corrected chi connectivity index (χ1v) is 10.9. The monoisotopic (exact) mass is 454 g/mol. The molecule has 2 heterocycles. The fourth-order valence-electron chi connectivity index (χ4n) is 4.22. The lowest BCUT2D eigenvalue weighted by Crippen LogP contribution is -2.52. The summed E-state index contributed by atoms with van der Waals surface area (Å²) in [4.78, 5) is 44.4. The number of anilines is 1. The number of hydrogen-bond donors (Lipinski definition) is 0. The third kappa shape index (κ3) is 5.40. The summed E-state index contributed by atoms with van der Waals surface area (Å²) in [5.41, 5.74) is -0.673. The second-order valence-corrected chi connectivity index (χ2v) is 8.12. The summed E-state index contributed by atoms with van der Waals surface area (Å²) in [6.45, 7) is 7.62. The number of hydrogen-bond acceptors (Lipinski definition) is 4. The van der Waals surface area contributed by atoms with Crippen LogP contribution < -0.4 is 4.90 Å². The van der Waals surface area contributed by atoms with Crippen LogP contribution in [0.25, 0.3) is 0 Å². The zero-order chi connectivity index (χ0) is 23.5. The predicted octanol–water partition coefficient (Wildman–Crippen LogP) is 2.07. The van der Waals surface area contributed by atoms with Crippen molar-refractivity contribution in [2.24, 2.45) is 5.92 Å². The second-order valence-electron chi connectivity index (χ2n) is 8.12. The molecular formula is C22H29F3N4O3. The van der Waals surface area contributed by atoms with Crippen LogP contribution in [0.4, 0.5) is 18.9 Å². The number of nitrogens with zero attached hydrogens (tertiary/aromatic N) is 4. The minimum Gasteiger partial charge on any atom is -0.342 e. The second kappa shape index (κ2) is 9.89. The Morgan fingerprint density at radius 2 is 1.75 bits per heavy atom. The van der Waals surface area contributed by atoms with Crippen LogP contribution in [0.1, 0.15) is 25.8 Å². The molecule has 1 aromatic carbocycles. The quantitative estimate of drug-likeness (QED) is 0.660. The third-order valence-electron chi connectivity index (χ3n) is 6.12. The molecule has 2 saturated heterocycles. The molecule has 2 aliphatic rings. The number of likely N-dealkylation sites (N-methyl/N-ethyl adjacent to an activating group) is 1. The lowest BCUT2D eigenvalue weighted by Gasteiger charge is -2.36. The van der Waals surface area contributed by atoms with E-state index in [2.05, 4.69) is 0 Å². The standard InChI is InChI=1S/C22H29F3N4O3/c1-3-27(4-2)20(31)15-26-8-10-28(11-9-26)21(32)16-12-19(30)29(14-16)18-7-5-6-17(13-18)22(23,24)25/h5-7,13,16H,3-4,8-12,14-15H2,1-2H3. The van der Waals surface area contributed by atoms with Crippen LogP contribution in [0, 0.1) is 5.92 Å². The van der Waals surface area contributed by atoms with Crippen molar-refractivity contribution in [3.8, 4) is 0 Å². The average Bonchev–Trinajstić information content (AvgIpc) is 3.16. The first kappa shape index (κ1) is 24.0. The smallest absolute Gasteiger partial charge is 0.342 e. The number of alkyl halides is 3. The molecule has 2 aliphatic heterocycles. The van der Waals surface area contributed by atoms with Crippen LogP contribution in [0.2, 0.25) is 0 Å². The van der Waals surface area contributed by atoms with E-state index < -0.39 is 17.7 Å². The summed E-state index contributed by atoms with van der Waals surface area (Å²) in [5.74, 6) is -1.04. The zero-order valence-electron chi connectivity index (χ0n) is 18.4. The van der Waals surface area contributed by atoms with Gasteiger partial charge in [0.15, 0.2) is 0 Å². The highest BCUT2D eigenvalue weighted by atomic mass is 19.4. The summed E-state index contributed by atoms with van der Waals surface area (Å²) in [6, 6.07) is 4.61. The first-order chi connectivity index (χ1) is 15.1. The molecule has 0 spiro atoms. The van der Waals surface area contributed by atoms with E-state index in [1.165, 1.54) is 17.0 Å². The highest BCUT2D eigenvalue weighted by molar-refractivity contribution is 6.00. The van der Waals surface area contributed by atoms with Crippen molar-refractivity contribution >= 4 is 23.4 Å². The molecule has 3 rings (SSSR count). The molecule has 2 fully saturated rings. The molecule has 0 bridgehead atoms. The van der Waals surface area contributed by atoms with E-state index in [0.29, 0.717) is 45.8 Å². The molecular weight excluding hydrogens is 425 g/mol. The number of carbonyl (C=O) groups excluding carboxylic acids is 3. The van der Waals surface area contributed by atoms with Gasteiger partial charge in [0.1, 0.15) is 0 Å². The van der Waals surface area contributed by atoms with E-state index >= 15 is 0 Å². The number of halogens is 3. The Morgan fingerprint density at radius 3 is 2.34 bits per heavy atom. The van der Waals surface area contributed by atoms with Crippen LogP contribution in [-0.2, 0) is 20.6 Å². The number of benzene rings is 1. The molecule has 0 aliphatic carbocycles. The zero-order valence-corrected chi connectivity index (χ0v) is 18.4. The lowest BCUT2D eigenvalue weighted by molar-refractivity contribution is -0.139. The van der Waals surface area contributed by atoms with Crippen molar-refractivity contribution < 1.29 is 27.6 Å². The van der Waals surface area contributed by atoms with Crippen LogP contribution in [0.15, 0.2) is 24.3 Å². The molecule has 7 nitrogen and oxygen atoms in total. The fourth-order valence-corrected chi connectivity index (χ4v) is 4.22. The number of amides is 3. The van der Waals surface area contributed by atoms with Gasteiger partial charge < -0.3 is 14.7 Å². The molecule has 1 unspecified atom stereocenters. The van der Waals surface area contributed by atoms with Gasteiger partial charge in [-0.1, -0.05) is 6.07 Å². The van der Waals surface area contributed by atoms with Gasteiger partial charge in [0.2, 0.25) is 17.7 Å². The topological polar surface area (TPSA) is 64.2 Å². The number of carbonyl (C=O) groups is 3. The van der Waals surface area contributed by atoms with Crippen molar-refractivity contribution in [3.63, 3.8) is 0 Å². The van der Waals surface area contributed by atoms with Crippen molar-refractivity contribution in [2.75, 3.05) is 57.3 Å². The number of rotatable bonds is 6. The summed E-state index contributed by atoms with van der Waals surface area (Å²) >= 11 is 0. The fraction of sp³-hybridized carbons (Fsp3) is 0.591. The molecule has 10 heteroatoms. The van der Waals surface area contributed by atoms with Crippen molar-refractivity contribution in [1.29, 1.82) is 0 Å². The lowest BCUT2D eigenvalue weighted by atomic mass is 10.1. The average molecular weight is 454 g/mol. The molecule has 176 valence electrons. The number of piperazine rings is 1. The minimum atomic E-state index is -4.50. The maximum atomic E-state index is 13.0. The molecule has 0 N–H and O–H groups in total.